The highest BCUT2D eigenvalue weighted by Gasteiger charge is 2.32. The minimum Gasteiger partial charge on any atom is -0.464 e. The van der Waals surface area contributed by atoms with Crippen molar-refractivity contribution in [2.45, 2.75) is 13.1 Å². The number of alkyl halides is 3. The maximum absolute atomic E-state index is 12.8. The molecule has 0 atom stereocenters. The minimum atomic E-state index is -4.56. The van der Waals surface area contributed by atoms with Crippen molar-refractivity contribution >= 4 is 17.6 Å². The van der Waals surface area contributed by atoms with Crippen molar-refractivity contribution < 1.29 is 22.7 Å². The van der Waals surface area contributed by atoms with Crippen molar-refractivity contribution in [2.75, 3.05) is 12.4 Å². The number of rotatable bonds is 4. The lowest BCUT2D eigenvalue weighted by Gasteiger charge is -2.11. The summed E-state index contributed by atoms with van der Waals surface area (Å²) in [5.41, 5.74) is 1.06. The fraction of sp³-hybridized carbons (Fsp3) is 0.176. The fourth-order valence-electron chi connectivity index (χ4n) is 2.36. The van der Waals surface area contributed by atoms with Crippen LogP contribution in [0.1, 0.15) is 21.7 Å². The Morgan fingerprint density at radius 1 is 1.22 bits per heavy atom. The number of benzene rings is 1. The molecule has 2 aromatic heterocycles. The van der Waals surface area contributed by atoms with Gasteiger partial charge >= 0.3 is 12.1 Å². The second-order valence-corrected chi connectivity index (χ2v) is 5.60. The maximum Gasteiger partial charge on any atom is 0.433 e. The van der Waals surface area contributed by atoms with E-state index >= 15 is 0 Å². The Morgan fingerprint density at radius 3 is 2.70 bits per heavy atom. The van der Waals surface area contributed by atoms with E-state index in [0.29, 0.717) is 11.4 Å². The minimum absolute atomic E-state index is 0.134. The number of hydrogen-bond donors (Lipinski definition) is 1. The van der Waals surface area contributed by atoms with Crippen molar-refractivity contribution in [1.29, 1.82) is 0 Å². The van der Waals surface area contributed by atoms with Crippen LogP contribution in [0.2, 0.25) is 0 Å². The zero-order chi connectivity index (χ0) is 19.6. The van der Waals surface area contributed by atoms with Gasteiger partial charge in [-0.2, -0.15) is 13.2 Å². The monoisotopic (exact) mass is 377 g/mol. The molecule has 2 heterocycles. The molecule has 0 fully saturated rings. The van der Waals surface area contributed by atoms with E-state index in [2.05, 4.69) is 25.0 Å². The van der Waals surface area contributed by atoms with Crippen molar-refractivity contribution in [3.8, 4) is 5.69 Å². The van der Waals surface area contributed by atoms with Crippen LogP contribution < -0.4 is 5.32 Å². The molecule has 0 bridgehead atoms. The predicted octanol–water partition coefficient (Wildman–Crippen LogP) is 3.52. The fourth-order valence-corrected chi connectivity index (χ4v) is 2.36. The molecule has 0 aliphatic heterocycles. The van der Waals surface area contributed by atoms with Gasteiger partial charge in [0.2, 0.25) is 5.95 Å². The molecule has 3 rings (SSSR count). The zero-order valence-corrected chi connectivity index (χ0v) is 14.3. The van der Waals surface area contributed by atoms with E-state index in [1.54, 1.807) is 16.7 Å². The first-order chi connectivity index (χ1) is 12.8. The molecule has 1 aromatic carbocycles. The van der Waals surface area contributed by atoms with Crippen LogP contribution in [0.5, 0.6) is 0 Å². The first-order valence-corrected chi connectivity index (χ1v) is 7.68. The van der Waals surface area contributed by atoms with Gasteiger partial charge in [-0.15, -0.1) is 0 Å². The van der Waals surface area contributed by atoms with Crippen molar-refractivity contribution in [3.63, 3.8) is 0 Å². The lowest BCUT2D eigenvalue weighted by molar-refractivity contribution is -0.141. The van der Waals surface area contributed by atoms with Crippen LogP contribution in [-0.2, 0) is 10.9 Å². The molecule has 3 aromatic rings. The highest BCUT2D eigenvalue weighted by atomic mass is 19.4. The highest BCUT2D eigenvalue weighted by Crippen LogP contribution is 2.28. The highest BCUT2D eigenvalue weighted by molar-refractivity contribution is 5.86. The molecule has 140 valence electrons. The van der Waals surface area contributed by atoms with Crippen LogP contribution in [0.4, 0.5) is 24.8 Å². The van der Waals surface area contributed by atoms with Crippen LogP contribution in [0.15, 0.2) is 43.0 Å². The summed E-state index contributed by atoms with van der Waals surface area (Å²) < 4.78 is 44.6. The third-order valence-electron chi connectivity index (χ3n) is 3.54. The summed E-state index contributed by atoms with van der Waals surface area (Å²) in [6.45, 7) is 1.82. The number of methoxy groups -OCH3 is 1. The Kier molecular flexibility index (Phi) is 4.80. The molecular formula is C17H14F3N5O2. The average molecular weight is 377 g/mol. The summed E-state index contributed by atoms with van der Waals surface area (Å²) >= 11 is 0. The summed E-state index contributed by atoms with van der Waals surface area (Å²) in [7, 11) is 1.26. The maximum atomic E-state index is 12.8. The van der Waals surface area contributed by atoms with E-state index in [-0.39, 0.29) is 11.6 Å². The topological polar surface area (TPSA) is 81.9 Å². The molecular weight excluding hydrogens is 363 g/mol. The molecule has 0 saturated heterocycles. The number of anilines is 2. The van der Waals surface area contributed by atoms with Gasteiger partial charge in [-0.3, -0.25) is 0 Å². The second kappa shape index (κ2) is 7.06. The normalized spacial score (nSPS) is 11.3. The zero-order valence-electron chi connectivity index (χ0n) is 14.3. The Balaban J connectivity index is 1.90. The number of nitrogens with one attached hydrogen (secondary N) is 1. The van der Waals surface area contributed by atoms with Gasteiger partial charge in [-0.25, -0.2) is 19.7 Å². The third-order valence-corrected chi connectivity index (χ3v) is 3.54. The van der Waals surface area contributed by atoms with E-state index in [1.165, 1.54) is 19.6 Å². The number of hydrogen-bond acceptors (Lipinski definition) is 6. The van der Waals surface area contributed by atoms with Crippen LogP contribution in [0.25, 0.3) is 5.69 Å². The number of nitrogens with zero attached hydrogens (tertiary/aromatic N) is 4. The van der Waals surface area contributed by atoms with Crippen molar-refractivity contribution in [3.05, 3.63) is 59.9 Å². The van der Waals surface area contributed by atoms with Gasteiger partial charge in [-0.1, -0.05) is 0 Å². The molecule has 0 aliphatic rings. The summed E-state index contributed by atoms with van der Waals surface area (Å²) in [6, 6.07) is 6.01. The molecule has 27 heavy (non-hydrogen) atoms. The number of carbonyl (C=O) groups is 1. The van der Waals surface area contributed by atoms with Gasteiger partial charge in [0.25, 0.3) is 0 Å². The average Bonchev–Trinajstić information content (AvgIpc) is 3.10. The summed E-state index contributed by atoms with van der Waals surface area (Å²) in [6.07, 6.45) is -0.595. The lowest BCUT2D eigenvalue weighted by Crippen LogP contribution is -2.10. The predicted molar refractivity (Wildman–Crippen MR) is 90.0 cm³/mol. The Bertz CT molecular complexity index is 985. The molecule has 0 amide bonds. The largest absolute Gasteiger partial charge is 0.464 e. The molecule has 7 nitrogen and oxygen atoms in total. The summed E-state index contributed by atoms with van der Waals surface area (Å²) in [5.74, 6) is -0.751. The van der Waals surface area contributed by atoms with Crippen LogP contribution in [0, 0.1) is 6.92 Å². The van der Waals surface area contributed by atoms with Crippen LogP contribution in [0.3, 0.4) is 0 Å². The molecule has 0 saturated carbocycles. The number of imidazole rings is 1. The molecule has 0 spiro atoms. The number of esters is 1. The number of carbonyl (C=O) groups excluding carboxylic acids is 1. The lowest BCUT2D eigenvalue weighted by atomic mass is 10.2. The standard InChI is InChI=1S/C17H14F3N5O2/c1-10-5-11(23-16-21-4-3-14(24-16)17(18,19)20)7-12(6-10)25-8-13(22-9-25)15(26)27-2/h3-9H,1-2H3,(H,21,23,24). The summed E-state index contributed by atoms with van der Waals surface area (Å²) in [4.78, 5) is 22.8. The number of ether oxygens (including phenoxy) is 1. The first-order valence-electron chi connectivity index (χ1n) is 7.68. The molecule has 1 N–H and O–H groups in total. The SMILES string of the molecule is COC(=O)c1cn(-c2cc(C)cc(Nc3nccc(C(F)(F)F)n3)c2)cn1. The van der Waals surface area contributed by atoms with E-state index in [0.717, 1.165) is 17.8 Å². The number of halogens is 3. The Hall–Kier alpha value is -3.43. The summed E-state index contributed by atoms with van der Waals surface area (Å²) in [5, 5.41) is 2.76. The van der Waals surface area contributed by atoms with E-state index in [4.69, 9.17) is 0 Å². The van der Waals surface area contributed by atoms with E-state index in [1.807, 2.05) is 13.0 Å². The van der Waals surface area contributed by atoms with E-state index < -0.39 is 17.8 Å². The Labute approximate surface area is 151 Å². The first kappa shape index (κ1) is 18.4. The smallest absolute Gasteiger partial charge is 0.433 e. The second-order valence-electron chi connectivity index (χ2n) is 5.60. The Morgan fingerprint density at radius 2 is 2.00 bits per heavy atom. The number of aromatic nitrogens is 4. The van der Waals surface area contributed by atoms with Crippen LogP contribution in [-0.4, -0.2) is 32.6 Å². The number of aryl methyl sites for hydroxylation is 1. The van der Waals surface area contributed by atoms with Gasteiger partial charge in [0.1, 0.15) is 12.0 Å². The molecule has 0 radical (unpaired) electrons. The van der Waals surface area contributed by atoms with Gasteiger partial charge in [0.05, 0.1) is 7.11 Å². The van der Waals surface area contributed by atoms with Crippen molar-refractivity contribution in [2.24, 2.45) is 0 Å². The van der Waals surface area contributed by atoms with Crippen LogP contribution >= 0.6 is 0 Å². The molecule has 0 unspecified atom stereocenters. The third kappa shape index (κ3) is 4.22. The van der Waals surface area contributed by atoms with Gasteiger partial charge < -0.3 is 14.6 Å². The van der Waals surface area contributed by atoms with Gasteiger partial charge in [-0.05, 0) is 36.8 Å². The van der Waals surface area contributed by atoms with E-state index in [9.17, 15) is 18.0 Å². The van der Waals surface area contributed by atoms with Gasteiger partial charge in [0.15, 0.2) is 5.69 Å². The van der Waals surface area contributed by atoms with Crippen molar-refractivity contribution in [1.82, 2.24) is 19.5 Å². The molecule has 10 heteroatoms. The molecule has 0 aliphatic carbocycles. The van der Waals surface area contributed by atoms with Gasteiger partial charge in [0, 0.05) is 23.8 Å². The quantitative estimate of drug-likeness (QED) is 0.701.